The van der Waals surface area contributed by atoms with E-state index in [4.69, 9.17) is 9.47 Å². The van der Waals surface area contributed by atoms with Crippen LogP contribution in [0.2, 0.25) is 0 Å². The third kappa shape index (κ3) is 5.50. The van der Waals surface area contributed by atoms with Crippen molar-refractivity contribution in [1.29, 1.82) is 0 Å². The van der Waals surface area contributed by atoms with Crippen molar-refractivity contribution in [2.75, 3.05) is 25.1 Å². The van der Waals surface area contributed by atoms with Gasteiger partial charge in [0.15, 0.2) is 0 Å². The van der Waals surface area contributed by atoms with Gasteiger partial charge >= 0.3 is 0 Å². The number of hydrogen-bond donors (Lipinski definition) is 2. The minimum atomic E-state index is -0.0576. The number of ether oxygens (including phenoxy) is 2. The molecule has 5 heteroatoms. The van der Waals surface area contributed by atoms with Gasteiger partial charge in [0.25, 0.3) is 0 Å². The monoisotopic (exact) mass is 340 g/mol. The fourth-order valence-electron chi connectivity index (χ4n) is 2.73. The van der Waals surface area contributed by atoms with E-state index in [0.29, 0.717) is 13.2 Å². The van der Waals surface area contributed by atoms with Crippen LogP contribution in [0.4, 0.5) is 5.69 Å². The largest absolute Gasteiger partial charge is 0.489 e. The topological polar surface area (TPSA) is 59.6 Å². The van der Waals surface area contributed by atoms with E-state index in [-0.39, 0.29) is 18.6 Å². The summed E-state index contributed by atoms with van der Waals surface area (Å²) in [4.78, 5) is 12.0. The van der Waals surface area contributed by atoms with Crippen molar-refractivity contribution in [1.82, 2.24) is 5.32 Å². The van der Waals surface area contributed by atoms with Crippen molar-refractivity contribution in [3.8, 4) is 5.75 Å². The molecule has 1 aliphatic heterocycles. The molecule has 2 aromatic rings. The summed E-state index contributed by atoms with van der Waals surface area (Å²) in [5, 5.41) is 6.05. The van der Waals surface area contributed by atoms with Crippen molar-refractivity contribution in [2.45, 2.75) is 25.5 Å². The third-order valence-electron chi connectivity index (χ3n) is 4.11. The van der Waals surface area contributed by atoms with Crippen LogP contribution in [0, 0.1) is 0 Å². The number of carbonyl (C=O) groups excluding carboxylic acids is 1. The molecule has 1 heterocycles. The predicted molar refractivity (Wildman–Crippen MR) is 97.7 cm³/mol. The lowest BCUT2D eigenvalue weighted by Crippen LogP contribution is -2.29. The van der Waals surface area contributed by atoms with Crippen LogP contribution in [0.25, 0.3) is 0 Å². The molecule has 25 heavy (non-hydrogen) atoms. The summed E-state index contributed by atoms with van der Waals surface area (Å²) in [6.45, 7) is 2.08. The second kappa shape index (κ2) is 9.08. The molecule has 1 aliphatic rings. The molecule has 1 atom stereocenters. The Kier molecular flexibility index (Phi) is 6.29. The van der Waals surface area contributed by atoms with Gasteiger partial charge in [-0.15, -0.1) is 0 Å². The maximum absolute atomic E-state index is 12.0. The van der Waals surface area contributed by atoms with Gasteiger partial charge in [0, 0.05) is 13.2 Å². The SMILES string of the molecule is O=C(CNc1ccccc1OCC1CCCO1)NCc1ccccc1. The Balaban J connectivity index is 1.46. The van der Waals surface area contributed by atoms with E-state index in [1.165, 1.54) is 0 Å². The summed E-state index contributed by atoms with van der Waals surface area (Å²) in [5.74, 6) is 0.687. The highest BCUT2D eigenvalue weighted by Gasteiger charge is 2.16. The molecule has 0 aliphatic carbocycles. The van der Waals surface area contributed by atoms with Crippen molar-refractivity contribution < 1.29 is 14.3 Å². The number of carbonyl (C=O) groups is 1. The predicted octanol–water partition coefficient (Wildman–Crippen LogP) is 2.97. The summed E-state index contributed by atoms with van der Waals surface area (Å²) in [6, 6.07) is 17.5. The highest BCUT2D eigenvalue weighted by Crippen LogP contribution is 2.24. The van der Waals surface area contributed by atoms with Gasteiger partial charge in [-0.2, -0.15) is 0 Å². The molecule has 0 saturated carbocycles. The van der Waals surface area contributed by atoms with E-state index in [9.17, 15) is 4.79 Å². The number of anilines is 1. The summed E-state index contributed by atoms with van der Waals surface area (Å²) in [7, 11) is 0. The van der Waals surface area contributed by atoms with Crippen LogP contribution in [0.3, 0.4) is 0 Å². The average molecular weight is 340 g/mol. The zero-order valence-corrected chi connectivity index (χ0v) is 14.2. The number of amides is 1. The minimum Gasteiger partial charge on any atom is -0.489 e. The third-order valence-corrected chi connectivity index (χ3v) is 4.11. The molecule has 2 N–H and O–H groups in total. The maximum Gasteiger partial charge on any atom is 0.239 e. The quantitative estimate of drug-likeness (QED) is 0.776. The molecule has 1 fully saturated rings. The number of benzene rings is 2. The zero-order valence-electron chi connectivity index (χ0n) is 14.2. The maximum atomic E-state index is 12.0. The van der Waals surface area contributed by atoms with Crippen molar-refractivity contribution in [3.63, 3.8) is 0 Å². The van der Waals surface area contributed by atoms with Crippen LogP contribution in [0.15, 0.2) is 54.6 Å². The first-order valence-corrected chi connectivity index (χ1v) is 8.69. The average Bonchev–Trinajstić information content (AvgIpc) is 3.18. The molecular formula is C20H24N2O3. The first-order valence-electron chi connectivity index (χ1n) is 8.69. The van der Waals surface area contributed by atoms with Crippen molar-refractivity contribution in [3.05, 3.63) is 60.2 Å². The Bertz CT molecular complexity index is 670. The van der Waals surface area contributed by atoms with Gasteiger partial charge in [-0.3, -0.25) is 4.79 Å². The van der Waals surface area contributed by atoms with Crippen LogP contribution in [-0.4, -0.2) is 31.8 Å². The summed E-state index contributed by atoms with van der Waals surface area (Å²) >= 11 is 0. The van der Waals surface area contributed by atoms with Gasteiger partial charge < -0.3 is 20.1 Å². The zero-order chi connectivity index (χ0) is 17.3. The van der Waals surface area contributed by atoms with Gasteiger partial charge in [0.05, 0.1) is 18.3 Å². The molecule has 132 valence electrons. The Morgan fingerprint density at radius 3 is 2.72 bits per heavy atom. The molecule has 1 unspecified atom stereocenters. The van der Waals surface area contributed by atoms with E-state index in [1.54, 1.807) is 0 Å². The Hall–Kier alpha value is -2.53. The van der Waals surface area contributed by atoms with E-state index in [0.717, 1.165) is 36.4 Å². The van der Waals surface area contributed by atoms with Crippen LogP contribution in [0.1, 0.15) is 18.4 Å². The van der Waals surface area contributed by atoms with E-state index >= 15 is 0 Å². The van der Waals surface area contributed by atoms with E-state index in [2.05, 4.69) is 10.6 Å². The van der Waals surface area contributed by atoms with Crippen LogP contribution >= 0.6 is 0 Å². The molecule has 1 saturated heterocycles. The van der Waals surface area contributed by atoms with Crippen LogP contribution in [-0.2, 0) is 16.1 Å². The van der Waals surface area contributed by atoms with Gasteiger partial charge in [-0.05, 0) is 30.5 Å². The highest BCUT2D eigenvalue weighted by atomic mass is 16.5. The first kappa shape index (κ1) is 17.3. The van der Waals surface area contributed by atoms with Gasteiger partial charge in [0.2, 0.25) is 5.91 Å². The number of hydrogen-bond acceptors (Lipinski definition) is 4. The fraction of sp³-hybridized carbons (Fsp3) is 0.350. The fourth-order valence-corrected chi connectivity index (χ4v) is 2.73. The molecule has 0 aromatic heterocycles. The van der Waals surface area contributed by atoms with Crippen molar-refractivity contribution >= 4 is 11.6 Å². The number of rotatable bonds is 8. The summed E-state index contributed by atoms with van der Waals surface area (Å²) in [6.07, 6.45) is 2.30. The Morgan fingerprint density at radius 2 is 1.92 bits per heavy atom. The summed E-state index contributed by atoms with van der Waals surface area (Å²) in [5.41, 5.74) is 1.89. The van der Waals surface area contributed by atoms with Gasteiger partial charge in [0.1, 0.15) is 12.4 Å². The smallest absolute Gasteiger partial charge is 0.239 e. The van der Waals surface area contributed by atoms with Crippen LogP contribution < -0.4 is 15.4 Å². The lowest BCUT2D eigenvalue weighted by Gasteiger charge is -2.15. The number of nitrogens with one attached hydrogen (secondary N) is 2. The number of para-hydroxylation sites is 2. The molecular weight excluding hydrogens is 316 g/mol. The second-order valence-electron chi connectivity index (χ2n) is 6.06. The molecule has 0 spiro atoms. The highest BCUT2D eigenvalue weighted by molar-refractivity contribution is 5.81. The van der Waals surface area contributed by atoms with Gasteiger partial charge in [-0.25, -0.2) is 0 Å². The molecule has 0 bridgehead atoms. The first-order chi connectivity index (χ1) is 12.3. The minimum absolute atomic E-state index is 0.0576. The Labute approximate surface area is 148 Å². The summed E-state index contributed by atoms with van der Waals surface area (Å²) < 4.78 is 11.4. The Morgan fingerprint density at radius 1 is 1.12 bits per heavy atom. The molecule has 1 amide bonds. The van der Waals surface area contributed by atoms with E-state index < -0.39 is 0 Å². The van der Waals surface area contributed by atoms with Gasteiger partial charge in [-0.1, -0.05) is 42.5 Å². The molecule has 0 radical (unpaired) electrons. The molecule has 3 rings (SSSR count). The second-order valence-corrected chi connectivity index (χ2v) is 6.06. The molecule has 2 aromatic carbocycles. The lowest BCUT2D eigenvalue weighted by atomic mass is 10.2. The van der Waals surface area contributed by atoms with E-state index in [1.807, 2.05) is 54.6 Å². The van der Waals surface area contributed by atoms with Crippen LogP contribution in [0.5, 0.6) is 5.75 Å². The standard InChI is InChI=1S/C20H24N2O3/c23-20(22-13-16-7-2-1-3-8-16)14-21-18-10-4-5-11-19(18)25-15-17-9-6-12-24-17/h1-5,7-8,10-11,17,21H,6,9,12-15H2,(H,22,23). The molecule has 5 nitrogen and oxygen atoms in total. The normalized spacial score (nSPS) is 16.4. The lowest BCUT2D eigenvalue weighted by molar-refractivity contribution is -0.119. The van der Waals surface area contributed by atoms with Crippen molar-refractivity contribution in [2.24, 2.45) is 0 Å².